The first-order valence-electron chi connectivity index (χ1n) is 5.39. The summed E-state index contributed by atoms with van der Waals surface area (Å²) in [5, 5.41) is 3.26. The number of fused-ring (bicyclic) bond motifs is 4. The molecule has 1 N–H and O–H groups in total. The molecule has 0 atom stereocenters. The van der Waals surface area contributed by atoms with Gasteiger partial charge in [0, 0.05) is 24.1 Å². The zero-order chi connectivity index (χ0) is 11.2. The summed E-state index contributed by atoms with van der Waals surface area (Å²) in [6.45, 7) is 0. The third kappa shape index (κ3) is 1.50. The smallest absolute Gasteiger partial charge is 0.300 e. The predicted octanol–water partition coefficient (Wildman–Crippen LogP) is 3.60. The summed E-state index contributed by atoms with van der Waals surface area (Å²) < 4.78 is 13.1. The number of hydrogen-bond donors (Lipinski definition) is 1. The fourth-order valence-corrected chi connectivity index (χ4v) is 2.00. The Balaban J connectivity index is 0.000001000. The summed E-state index contributed by atoms with van der Waals surface area (Å²) in [7, 11) is 0. The second-order valence-electron chi connectivity index (χ2n) is 3.88. The van der Waals surface area contributed by atoms with Gasteiger partial charge in [-0.15, -0.1) is 0 Å². The number of aromatic amines is 1. The van der Waals surface area contributed by atoms with Crippen molar-refractivity contribution in [3.8, 4) is 0 Å². The largest absolute Gasteiger partial charge is 0.509 e. The molecular formula is C13H9N2O2V-. The minimum atomic E-state index is 0. The van der Waals surface area contributed by atoms with E-state index >= 15 is 0 Å². The van der Waals surface area contributed by atoms with E-state index in [0.717, 1.165) is 22.2 Å². The molecule has 89 valence electrons. The first-order valence-corrected chi connectivity index (χ1v) is 5.39. The van der Waals surface area contributed by atoms with Crippen molar-refractivity contribution in [2.45, 2.75) is 0 Å². The second-order valence-corrected chi connectivity index (χ2v) is 3.88. The molecule has 0 aliphatic rings. The van der Waals surface area contributed by atoms with Crippen molar-refractivity contribution in [2.75, 3.05) is 0 Å². The summed E-state index contributed by atoms with van der Waals surface area (Å²) in [4.78, 5) is 0. The van der Waals surface area contributed by atoms with Crippen molar-refractivity contribution in [2.24, 2.45) is 0 Å². The summed E-state index contributed by atoms with van der Waals surface area (Å²) in [5.74, 6) is 0.449. The molecule has 4 aromatic rings. The van der Waals surface area contributed by atoms with Crippen LogP contribution in [0.2, 0.25) is 0 Å². The Morgan fingerprint density at radius 1 is 0.889 bits per heavy atom. The summed E-state index contributed by atoms with van der Waals surface area (Å²) in [6, 6.07) is 15.6. The van der Waals surface area contributed by atoms with Crippen molar-refractivity contribution < 1.29 is 27.4 Å². The topological polar surface area (TPSA) is 46.5 Å². The van der Waals surface area contributed by atoms with Crippen LogP contribution in [-0.2, 0) is 18.6 Å². The van der Waals surface area contributed by atoms with Gasteiger partial charge in [0.15, 0.2) is 0 Å². The summed E-state index contributed by atoms with van der Waals surface area (Å²) in [6.07, 6.45) is 0. The molecule has 0 fully saturated rings. The van der Waals surface area contributed by atoms with Gasteiger partial charge in [-0.3, -0.25) is 4.52 Å². The Kier molecular flexibility index (Phi) is 2.54. The van der Waals surface area contributed by atoms with Crippen LogP contribution in [0.15, 0.2) is 57.4 Å². The number of nitrogens with zero attached hydrogens (tertiary/aromatic N) is 1. The van der Waals surface area contributed by atoms with Crippen LogP contribution < -0.4 is 0 Å². The molecule has 0 saturated heterocycles. The van der Waals surface area contributed by atoms with Crippen LogP contribution in [0.1, 0.15) is 0 Å². The molecule has 4 rings (SSSR count). The fourth-order valence-electron chi connectivity index (χ4n) is 2.00. The van der Waals surface area contributed by atoms with E-state index in [9.17, 15) is 0 Å². The third-order valence-electron chi connectivity index (χ3n) is 2.80. The zero-order valence-corrected chi connectivity index (χ0v) is 10.7. The minimum absolute atomic E-state index is 0. The molecule has 0 unspecified atom stereocenters. The monoisotopic (exact) mass is 276 g/mol. The maximum atomic E-state index is 5.70. The molecule has 0 spiro atoms. The van der Waals surface area contributed by atoms with Gasteiger partial charge in [-0.1, -0.05) is 42.5 Å². The zero-order valence-electron chi connectivity index (χ0n) is 9.33. The van der Waals surface area contributed by atoms with Gasteiger partial charge >= 0.3 is 0 Å². The molecule has 4 nitrogen and oxygen atoms in total. The number of rotatable bonds is 0. The molecule has 0 aliphatic carbocycles. The van der Waals surface area contributed by atoms with E-state index in [4.69, 9.17) is 8.83 Å². The number of nitrogens with one attached hydrogen (secondary N) is 1. The van der Waals surface area contributed by atoms with Crippen LogP contribution in [0.5, 0.6) is 0 Å². The average molecular weight is 276 g/mol. The molecule has 2 heterocycles. The Hall–Kier alpha value is -1.91. The molecule has 0 bridgehead atoms. The van der Waals surface area contributed by atoms with E-state index in [0.29, 0.717) is 5.91 Å². The van der Waals surface area contributed by atoms with Crippen LogP contribution in [0, 0.1) is 0 Å². The number of hydrogen-bond acceptors (Lipinski definition) is 2. The normalized spacial score (nSPS) is 10.9. The van der Waals surface area contributed by atoms with Crippen LogP contribution in [0.25, 0.3) is 28.1 Å². The van der Waals surface area contributed by atoms with Gasteiger partial charge in [0.2, 0.25) is 0 Å². The van der Waals surface area contributed by atoms with Crippen molar-refractivity contribution >= 4 is 28.1 Å². The van der Waals surface area contributed by atoms with E-state index in [1.807, 2.05) is 48.5 Å². The number of H-pyrrole nitrogens is 1. The third-order valence-corrected chi connectivity index (χ3v) is 2.80. The van der Waals surface area contributed by atoms with Gasteiger partial charge in [-0.2, -0.15) is 0 Å². The Bertz CT molecular complexity index is 851. The van der Waals surface area contributed by atoms with Crippen molar-refractivity contribution in [1.82, 2.24) is 9.61 Å². The number of para-hydroxylation sites is 4. The molecule has 5 heteroatoms. The fraction of sp³-hybridized carbons (Fsp3) is 0. The predicted molar refractivity (Wildman–Crippen MR) is 64.5 cm³/mol. The maximum Gasteiger partial charge on any atom is 0.300 e. The minimum Gasteiger partial charge on any atom is -0.509 e. The average Bonchev–Trinajstić information content (AvgIpc) is 2.73. The van der Waals surface area contributed by atoms with E-state index < -0.39 is 0 Å². The first-order chi connectivity index (χ1) is 8.42. The second kappa shape index (κ2) is 4.08. The number of benzene rings is 2. The molecule has 1 radical (unpaired) electrons. The van der Waals surface area contributed by atoms with E-state index in [1.54, 1.807) is 4.52 Å². The van der Waals surface area contributed by atoms with Crippen molar-refractivity contribution in [3.63, 3.8) is 0 Å². The van der Waals surface area contributed by atoms with Gasteiger partial charge in [-0.25, -0.2) is 0 Å². The van der Waals surface area contributed by atoms with Gasteiger partial charge in [-0.05, 0) is 11.6 Å². The SMILES string of the molecule is [V].c1ccc2o[c-]3oc4ccccc4n3[nH]c2c1. The van der Waals surface area contributed by atoms with Crippen molar-refractivity contribution in [3.05, 3.63) is 48.5 Å². The Morgan fingerprint density at radius 3 is 2.44 bits per heavy atom. The first kappa shape index (κ1) is 11.2. The molecule has 2 aromatic heterocycles. The van der Waals surface area contributed by atoms with Gasteiger partial charge < -0.3 is 13.9 Å². The van der Waals surface area contributed by atoms with Crippen LogP contribution in [0.4, 0.5) is 0 Å². The number of oxazole rings is 1. The molecule has 18 heavy (non-hydrogen) atoms. The van der Waals surface area contributed by atoms with Gasteiger partial charge in [0.05, 0.1) is 11.1 Å². The van der Waals surface area contributed by atoms with E-state index in [-0.39, 0.29) is 18.6 Å². The van der Waals surface area contributed by atoms with Gasteiger partial charge in [0.1, 0.15) is 0 Å². The van der Waals surface area contributed by atoms with Crippen molar-refractivity contribution in [1.29, 1.82) is 0 Å². The number of aromatic nitrogens is 2. The Labute approximate surface area is 114 Å². The van der Waals surface area contributed by atoms with Crippen LogP contribution in [0.3, 0.4) is 0 Å². The molecule has 0 aliphatic heterocycles. The molecule has 2 aromatic carbocycles. The Morgan fingerprint density at radius 2 is 1.56 bits per heavy atom. The quantitative estimate of drug-likeness (QED) is 0.499. The standard InChI is InChI=1S/C13H9N2O2.V/c1-3-7-11-9(5-1)14-15-10-6-2-4-8-12(10)17-13(15)16-11;/h1-8,14H;/q-1;. The molecule has 0 amide bonds. The molecule has 0 saturated carbocycles. The summed E-state index contributed by atoms with van der Waals surface area (Å²) >= 11 is 0. The van der Waals surface area contributed by atoms with E-state index in [1.165, 1.54) is 0 Å². The van der Waals surface area contributed by atoms with Gasteiger partial charge in [0.25, 0.3) is 5.91 Å². The van der Waals surface area contributed by atoms with Crippen LogP contribution >= 0.6 is 0 Å². The molecular weight excluding hydrogens is 267 g/mol. The van der Waals surface area contributed by atoms with E-state index in [2.05, 4.69) is 5.10 Å². The summed E-state index contributed by atoms with van der Waals surface area (Å²) in [5.41, 5.74) is 3.45. The van der Waals surface area contributed by atoms with Crippen LogP contribution in [-0.4, -0.2) is 9.61 Å². The maximum absolute atomic E-state index is 5.70.